The van der Waals surface area contributed by atoms with Crippen LogP contribution in [0.4, 0.5) is 0 Å². The summed E-state index contributed by atoms with van der Waals surface area (Å²) < 4.78 is 3.81. The number of nitrogens with zero attached hydrogens (tertiary/aromatic N) is 4. The number of hydrogen-bond acceptors (Lipinski definition) is 3. The van der Waals surface area contributed by atoms with Crippen molar-refractivity contribution in [3.63, 3.8) is 0 Å². The Labute approximate surface area is 105 Å². The molecular weight excluding hydrogens is 226 g/mol. The number of aryl methyl sites for hydroxylation is 1. The van der Waals surface area contributed by atoms with Crippen LogP contribution in [0.25, 0.3) is 17.2 Å². The van der Waals surface area contributed by atoms with Crippen LogP contribution >= 0.6 is 0 Å². The molecule has 3 rings (SSSR count). The average molecular weight is 241 g/mol. The maximum atomic E-state index is 5.53. The third-order valence-corrected chi connectivity index (χ3v) is 2.97. The number of nitrogens with two attached hydrogens (primary N) is 1. The summed E-state index contributed by atoms with van der Waals surface area (Å²) in [6, 6.07) is 10.1. The second-order valence-electron chi connectivity index (χ2n) is 4.26. The number of aromatic nitrogens is 4. The zero-order valence-electron chi connectivity index (χ0n) is 10.2. The predicted molar refractivity (Wildman–Crippen MR) is 70.2 cm³/mol. The van der Waals surface area contributed by atoms with Crippen LogP contribution in [-0.4, -0.2) is 25.7 Å². The minimum atomic E-state index is 0.607. The number of benzene rings is 1. The quantitative estimate of drug-likeness (QED) is 0.750. The molecule has 0 bridgehead atoms. The molecular formula is C13H15N5. The minimum Gasteiger partial charge on any atom is -0.330 e. The van der Waals surface area contributed by atoms with Gasteiger partial charge in [0.1, 0.15) is 0 Å². The fourth-order valence-corrected chi connectivity index (χ4v) is 2.08. The molecule has 1 aromatic carbocycles. The molecule has 5 heteroatoms. The van der Waals surface area contributed by atoms with Crippen LogP contribution in [0.1, 0.15) is 5.69 Å². The molecule has 0 fully saturated rings. The molecule has 3 aromatic rings. The van der Waals surface area contributed by atoms with E-state index in [1.54, 1.807) is 0 Å². The monoisotopic (exact) mass is 241 g/mol. The molecule has 0 amide bonds. The van der Waals surface area contributed by atoms with Crippen molar-refractivity contribution < 1.29 is 0 Å². The van der Waals surface area contributed by atoms with Gasteiger partial charge in [-0.2, -0.15) is 0 Å². The van der Waals surface area contributed by atoms with Crippen molar-refractivity contribution in [3.8, 4) is 11.4 Å². The highest BCUT2D eigenvalue weighted by molar-refractivity contribution is 5.58. The third-order valence-electron chi connectivity index (χ3n) is 2.97. The summed E-state index contributed by atoms with van der Waals surface area (Å²) in [6.45, 7) is 0.607. The van der Waals surface area contributed by atoms with Gasteiger partial charge >= 0.3 is 0 Å². The molecule has 0 saturated heterocycles. The molecule has 0 radical (unpaired) electrons. The molecule has 2 aromatic heterocycles. The second-order valence-corrected chi connectivity index (χ2v) is 4.26. The standard InChI is InChI=1S/C13H15N5/c1-17-12(10-5-3-2-4-6-10)16-18-9-11(7-8-14)15-13(17)18/h2-6,9H,7-8,14H2,1H3. The third kappa shape index (κ3) is 1.69. The van der Waals surface area contributed by atoms with Crippen LogP contribution in [0.15, 0.2) is 36.5 Å². The normalized spacial score (nSPS) is 11.2. The summed E-state index contributed by atoms with van der Waals surface area (Å²) in [5.41, 5.74) is 7.60. The molecule has 0 aliphatic carbocycles. The summed E-state index contributed by atoms with van der Waals surface area (Å²) >= 11 is 0. The van der Waals surface area contributed by atoms with Gasteiger partial charge in [-0.05, 0) is 6.54 Å². The van der Waals surface area contributed by atoms with Gasteiger partial charge in [0.25, 0.3) is 0 Å². The molecule has 0 aliphatic rings. The summed E-state index contributed by atoms with van der Waals surface area (Å²) in [7, 11) is 1.98. The lowest BCUT2D eigenvalue weighted by molar-refractivity contribution is 0.903. The maximum Gasteiger partial charge on any atom is 0.232 e. The fourth-order valence-electron chi connectivity index (χ4n) is 2.08. The van der Waals surface area contributed by atoms with Crippen molar-refractivity contribution in [2.75, 3.05) is 6.54 Å². The number of hydrogen-bond donors (Lipinski definition) is 1. The first-order chi connectivity index (χ1) is 8.79. The van der Waals surface area contributed by atoms with Crippen molar-refractivity contribution in [1.82, 2.24) is 19.2 Å². The van der Waals surface area contributed by atoms with E-state index in [1.165, 1.54) is 0 Å². The number of rotatable bonds is 3. The number of fused-ring (bicyclic) bond motifs is 1. The molecule has 5 nitrogen and oxygen atoms in total. The van der Waals surface area contributed by atoms with E-state index in [0.717, 1.165) is 29.3 Å². The highest BCUT2D eigenvalue weighted by Gasteiger charge is 2.12. The van der Waals surface area contributed by atoms with Gasteiger partial charge in [-0.3, -0.25) is 4.57 Å². The van der Waals surface area contributed by atoms with Crippen LogP contribution < -0.4 is 5.73 Å². The number of imidazole rings is 1. The molecule has 0 saturated carbocycles. The van der Waals surface area contributed by atoms with Crippen LogP contribution in [0.2, 0.25) is 0 Å². The van der Waals surface area contributed by atoms with Gasteiger partial charge < -0.3 is 5.73 Å². The Bertz CT molecular complexity index is 665. The first kappa shape index (κ1) is 11.0. The molecule has 0 spiro atoms. The van der Waals surface area contributed by atoms with E-state index in [-0.39, 0.29) is 0 Å². The minimum absolute atomic E-state index is 0.607. The first-order valence-electron chi connectivity index (χ1n) is 5.96. The predicted octanol–water partition coefficient (Wildman–Crippen LogP) is 1.24. The first-order valence-corrected chi connectivity index (χ1v) is 5.96. The maximum absolute atomic E-state index is 5.53. The lowest BCUT2D eigenvalue weighted by atomic mass is 10.2. The van der Waals surface area contributed by atoms with E-state index in [9.17, 15) is 0 Å². The van der Waals surface area contributed by atoms with Crippen molar-refractivity contribution in [2.45, 2.75) is 6.42 Å². The van der Waals surface area contributed by atoms with Crippen LogP contribution in [0.5, 0.6) is 0 Å². The topological polar surface area (TPSA) is 61.1 Å². The Kier molecular flexibility index (Phi) is 2.60. The van der Waals surface area contributed by atoms with Crippen LogP contribution in [-0.2, 0) is 13.5 Å². The average Bonchev–Trinajstić information content (AvgIpc) is 2.91. The van der Waals surface area contributed by atoms with Crippen molar-refractivity contribution in [2.24, 2.45) is 12.8 Å². The molecule has 2 heterocycles. The molecule has 0 unspecified atom stereocenters. The highest BCUT2D eigenvalue weighted by Crippen LogP contribution is 2.18. The van der Waals surface area contributed by atoms with E-state index in [2.05, 4.69) is 10.1 Å². The van der Waals surface area contributed by atoms with Crippen molar-refractivity contribution >= 4 is 5.78 Å². The van der Waals surface area contributed by atoms with Gasteiger partial charge in [-0.25, -0.2) is 9.50 Å². The second kappa shape index (κ2) is 4.27. The Hall–Kier alpha value is -2.14. The molecule has 92 valence electrons. The van der Waals surface area contributed by atoms with Gasteiger partial charge in [0.2, 0.25) is 5.78 Å². The largest absolute Gasteiger partial charge is 0.330 e. The van der Waals surface area contributed by atoms with Gasteiger partial charge in [-0.1, -0.05) is 30.3 Å². The summed E-state index contributed by atoms with van der Waals surface area (Å²) in [6.07, 6.45) is 2.72. The summed E-state index contributed by atoms with van der Waals surface area (Å²) in [5.74, 6) is 1.76. The smallest absolute Gasteiger partial charge is 0.232 e. The fraction of sp³-hybridized carbons (Fsp3) is 0.231. The van der Waals surface area contributed by atoms with E-state index in [0.29, 0.717) is 6.54 Å². The van der Waals surface area contributed by atoms with E-state index in [4.69, 9.17) is 5.73 Å². The van der Waals surface area contributed by atoms with E-state index in [1.807, 2.05) is 52.7 Å². The zero-order chi connectivity index (χ0) is 12.5. The lowest BCUT2D eigenvalue weighted by Crippen LogP contribution is -2.03. The van der Waals surface area contributed by atoms with E-state index < -0.39 is 0 Å². The van der Waals surface area contributed by atoms with Gasteiger partial charge in [0, 0.05) is 19.0 Å². The highest BCUT2D eigenvalue weighted by atomic mass is 15.4. The summed E-state index contributed by atoms with van der Waals surface area (Å²) in [5, 5.41) is 4.56. The lowest BCUT2D eigenvalue weighted by Gasteiger charge is -1.99. The van der Waals surface area contributed by atoms with Crippen LogP contribution in [0.3, 0.4) is 0 Å². The van der Waals surface area contributed by atoms with Gasteiger partial charge in [0.05, 0.1) is 11.9 Å². The van der Waals surface area contributed by atoms with Crippen LogP contribution in [0, 0.1) is 0 Å². The zero-order valence-corrected chi connectivity index (χ0v) is 10.2. The Morgan fingerprint density at radius 3 is 2.67 bits per heavy atom. The SMILES string of the molecule is Cn1c(-c2ccccc2)nn2cc(CCN)nc12. The Morgan fingerprint density at radius 1 is 1.22 bits per heavy atom. The molecule has 0 aliphatic heterocycles. The van der Waals surface area contributed by atoms with Crippen molar-refractivity contribution in [1.29, 1.82) is 0 Å². The molecule has 0 atom stereocenters. The van der Waals surface area contributed by atoms with E-state index >= 15 is 0 Å². The molecule has 2 N–H and O–H groups in total. The van der Waals surface area contributed by atoms with Gasteiger partial charge in [0.15, 0.2) is 5.82 Å². The summed E-state index contributed by atoms with van der Waals surface area (Å²) in [4.78, 5) is 4.53. The Balaban J connectivity index is 2.10. The van der Waals surface area contributed by atoms with Crippen molar-refractivity contribution in [3.05, 3.63) is 42.2 Å². The Morgan fingerprint density at radius 2 is 2.00 bits per heavy atom. The molecule has 18 heavy (non-hydrogen) atoms. The van der Waals surface area contributed by atoms with Gasteiger partial charge in [-0.15, -0.1) is 5.10 Å².